The van der Waals surface area contributed by atoms with Crippen molar-refractivity contribution in [3.05, 3.63) is 35.4 Å². The zero-order valence-electron chi connectivity index (χ0n) is 9.93. The standard InChI is InChI=1S/C13H16F3N/c1-12(2)7-11(12)17-8-9-5-3-4-6-10(9)13(14,15)16/h3-6,11,17H,7-8H2,1-2H3. The maximum Gasteiger partial charge on any atom is 0.416 e. The van der Waals surface area contributed by atoms with Gasteiger partial charge in [0.1, 0.15) is 0 Å². The van der Waals surface area contributed by atoms with Gasteiger partial charge in [-0.15, -0.1) is 0 Å². The van der Waals surface area contributed by atoms with Gasteiger partial charge >= 0.3 is 6.18 Å². The number of rotatable bonds is 3. The largest absolute Gasteiger partial charge is 0.416 e. The van der Waals surface area contributed by atoms with Crippen LogP contribution in [0.2, 0.25) is 0 Å². The van der Waals surface area contributed by atoms with Crippen molar-refractivity contribution < 1.29 is 13.2 Å². The van der Waals surface area contributed by atoms with E-state index in [4.69, 9.17) is 0 Å². The van der Waals surface area contributed by atoms with Crippen LogP contribution in [0.5, 0.6) is 0 Å². The lowest BCUT2D eigenvalue weighted by Gasteiger charge is -2.13. The van der Waals surface area contributed by atoms with Crippen molar-refractivity contribution in [2.45, 2.75) is 39.0 Å². The van der Waals surface area contributed by atoms with E-state index in [1.807, 2.05) is 0 Å². The molecular weight excluding hydrogens is 227 g/mol. The van der Waals surface area contributed by atoms with Crippen LogP contribution in [-0.4, -0.2) is 6.04 Å². The van der Waals surface area contributed by atoms with Gasteiger partial charge in [0.2, 0.25) is 0 Å². The summed E-state index contributed by atoms with van der Waals surface area (Å²) >= 11 is 0. The Kier molecular flexibility index (Phi) is 2.94. The van der Waals surface area contributed by atoms with Crippen LogP contribution in [0, 0.1) is 5.41 Å². The summed E-state index contributed by atoms with van der Waals surface area (Å²) in [7, 11) is 0. The van der Waals surface area contributed by atoms with Crippen molar-refractivity contribution in [3.8, 4) is 0 Å². The van der Waals surface area contributed by atoms with Crippen LogP contribution < -0.4 is 5.32 Å². The minimum absolute atomic E-state index is 0.229. The first kappa shape index (κ1) is 12.4. The fourth-order valence-corrected chi connectivity index (χ4v) is 2.00. The summed E-state index contributed by atoms with van der Waals surface area (Å²) in [5, 5.41) is 3.18. The van der Waals surface area contributed by atoms with Crippen LogP contribution in [0.4, 0.5) is 13.2 Å². The van der Waals surface area contributed by atoms with Gasteiger partial charge in [-0.05, 0) is 23.5 Å². The quantitative estimate of drug-likeness (QED) is 0.855. The normalized spacial score (nSPS) is 22.5. The molecule has 0 heterocycles. The Bertz CT molecular complexity index is 409. The summed E-state index contributed by atoms with van der Waals surface area (Å²) in [5.41, 5.74) is 0.0151. The molecule has 0 radical (unpaired) electrons. The molecule has 1 fully saturated rings. The van der Waals surface area contributed by atoms with Crippen LogP contribution in [0.25, 0.3) is 0 Å². The van der Waals surface area contributed by atoms with E-state index in [2.05, 4.69) is 19.2 Å². The van der Waals surface area contributed by atoms with Gasteiger partial charge in [0.25, 0.3) is 0 Å². The first-order valence-corrected chi connectivity index (χ1v) is 5.69. The monoisotopic (exact) mass is 243 g/mol. The van der Waals surface area contributed by atoms with E-state index in [9.17, 15) is 13.2 Å². The second-order valence-corrected chi connectivity index (χ2v) is 5.28. The Balaban J connectivity index is 2.06. The summed E-state index contributed by atoms with van der Waals surface area (Å²) in [6.45, 7) is 4.50. The summed E-state index contributed by atoms with van der Waals surface area (Å²) < 4.78 is 38.1. The lowest BCUT2D eigenvalue weighted by molar-refractivity contribution is -0.138. The second-order valence-electron chi connectivity index (χ2n) is 5.28. The van der Waals surface area contributed by atoms with Gasteiger partial charge in [0, 0.05) is 12.6 Å². The number of hydrogen-bond donors (Lipinski definition) is 1. The van der Waals surface area contributed by atoms with E-state index in [-0.39, 0.29) is 12.0 Å². The third-order valence-corrected chi connectivity index (χ3v) is 3.38. The van der Waals surface area contributed by atoms with Crippen molar-refractivity contribution in [2.24, 2.45) is 5.41 Å². The molecule has 1 unspecified atom stereocenters. The van der Waals surface area contributed by atoms with Gasteiger partial charge in [-0.25, -0.2) is 0 Å². The summed E-state index contributed by atoms with van der Waals surface area (Å²) in [6, 6.07) is 6.07. The summed E-state index contributed by atoms with van der Waals surface area (Å²) in [6.07, 6.45) is -3.24. The van der Waals surface area contributed by atoms with Gasteiger partial charge in [0.15, 0.2) is 0 Å². The molecule has 0 aliphatic heterocycles. The molecule has 0 saturated heterocycles. The predicted molar refractivity (Wildman–Crippen MR) is 60.5 cm³/mol. The van der Waals surface area contributed by atoms with Gasteiger partial charge < -0.3 is 5.32 Å². The van der Waals surface area contributed by atoms with Crippen LogP contribution >= 0.6 is 0 Å². The summed E-state index contributed by atoms with van der Waals surface area (Å²) in [5.74, 6) is 0. The zero-order chi connectivity index (χ0) is 12.7. The molecule has 0 amide bonds. The molecule has 1 aliphatic rings. The Hall–Kier alpha value is -1.03. The molecule has 17 heavy (non-hydrogen) atoms. The van der Waals surface area contributed by atoms with E-state index in [0.29, 0.717) is 11.6 Å². The van der Waals surface area contributed by atoms with E-state index in [1.54, 1.807) is 6.07 Å². The molecule has 2 rings (SSSR count). The fourth-order valence-electron chi connectivity index (χ4n) is 2.00. The lowest BCUT2D eigenvalue weighted by Crippen LogP contribution is -2.22. The predicted octanol–water partition coefficient (Wildman–Crippen LogP) is 3.59. The van der Waals surface area contributed by atoms with Crippen LogP contribution in [0.15, 0.2) is 24.3 Å². The second kappa shape index (κ2) is 4.02. The molecule has 1 aromatic rings. The Morgan fingerprint density at radius 1 is 1.29 bits per heavy atom. The third kappa shape index (κ3) is 2.80. The smallest absolute Gasteiger partial charge is 0.309 e. The number of benzene rings is 1. The molecule has 1 atom stereocenters. The van der Waals surface area contributed by atoms with Gasteiger partial charge in [-0.3, -0.25) is 0 Å². The average molecular weight is 243 g/mol. The van der Waals surface area contributed by atoms with Crippen molar-refractivity contribution in [2.75, 3.05) is 0 Å². The van der Waals surface area contributed by atoms with E-state index in [0.717, 1.165) is 12.5 Å². The molecule has 1 N–H and O–H groups in total. The van der Waals surface area contributed by atoms with Crippen molar-refractivity contribution in [1.29, 1.82) is 0 Å². The SMILES string of the molecule is CC1(C)CC1NCc1ccccc1C(F)(F)F. The Labute approximate surface area is 99.0 Å². The molecular formula is C13H16F3N. The van der Waals surface area contributed by atoms with Crippen molar-refractivity contribution in [3.63, 3.8) is 0 Å². The summed E-state index contributed by atoms with van der Waals surface area (Å²) in [4.78, 5) is 0. The van der Waals surface area contributed by atoms with E-state index >= 15 is 0 Å². The van der Waals surface area contributed by atoms with Crippen molar-refractivity contribution >= 4 is 0 Å². The minimum Gasteiger partial charge on any atom is -0.309 e. The minimum atomic E-state index is -4.27. The molecule has 1 aliphatic carbocycles. The molecule has 0 spiro atoms. The molecule has 1 saturated carbocycles. The van der Waals surface area contributed by atoms with Crippen LogP contribution in [-0.2, 0) is 12.7 Å². The first-order chi connectivity index (χ1) is 7.81. The molecule has 1 nitrogen and oxygen atoms in total. The van der Waals surface area contributed by atoms with Crippen LogP contribution in [0.3, 0.4) is 0 Å². The Morgan fingerprint density at radius 3 is 2.41 bits per heavy atom. The molecule has 0 aromatic heterocycles. The maximum absolute atomic E-state index is 12.7. The van der Waals surface area contributed by atoms with Gasteiger partial charge in [-0.1, -0.05) is 32.0 Å². The first-order valence-electron chi connectivity index (χ1n) is 5.69. The maximum atomic E-state index is 12.7. The highest BCUT2D eigenvalue weighted by molar-refractivity contribution is 5.29. The highest BCUT2D eigenvalue weighted by Gasteiger charge is 2.45. The number of hydrogen-bond acceptors (Lipinski definition) is 1. The van der Waals surface area contributed by atoms with Gasteiger partial charge in [-0.2, -0.15) is 13.2 Å². The molecule has 1 aromatic carbocycles. The van der Waals surface area contributed by atoms with Gasteiger partial charge in [0.05, 0.1) is 5.56 Å². The lowest BCUT2D eigenvalue weighted by atomic mass is 10.1. The average Bonchev–Trinajstić information content (AvgIpc) is 2.83. The highest BCUT2D eigenvalue weighted by atomic mass is 19.4. The Morgan fingerprint density at radius 2 is 1.88 bits per heavy atom. The highest BCUT2D eigenvalue weighted by Crippen LogP contribution is 2.44. The van der Waals surface area contributed by atoms with E-state index in [1.165, 1.54) is 12.1 Å². The number of halogens is 3. The van der Waals surface area contributed by atoms with Crippen molar-refractivity contribution in [1.82, 2.24) is 5.32 Å². The topological polar surface area (TPSA) is 12.0 Å². The molecule has 0 bridgehead atoms. The molecule has 94 valence electrons. The zero-order valence-corrected chi connectivity index (χ0v) is 9.93. The van der Waals surface area contributed by atoms with E-state index < -0.39 is 11.7 Å². The third-order valence-electron chi connectivity index (χ3n) is 3.38. The van der Waals surface area contributed by atoms with Crippen LogP contribution in [0.1, 0.15) is 31.4 Å². The molecule has 4 heteroatoms. The number of alkyl halides is 3. The fraction of sp³-hybridized carbons (Fsp3) is 0.538. The number of nitrogens with one attached hydrogen (secondary N) is 1.